The van der Waals surface area contributed by atoms with Crippen LogP contribution in [0.5, 0.6) is 0 Å². The van der Waals surface area contributed by atoms with Crippen LogP contribution in [-0.2, 0) is 6.54 Å². The van der Waals surface area contributed by atoms with Gasteiger partial charge in [-0.2, -0.15) is 0 Å². The molecule has 5 heteroatoms. The van der Waals surface area contributed by atoms with E-state index < -0.39 is 0 Å². The van der Waals surface area contributed by atoms with E-state index >= 15 is 0 Å². The van der Waals surface area contributed by atoms with Crippen LogP contribution in [0.1, 0.15) is 71.1 Å². The Hall–Kier alpha value is -5.16. The molecule has 2 aromatic carbocycles. The van der Waals surface area contributed by atoms with Crippen molar-refractivity contribution in [1.82, 2.24) is 24.5 Å². The molecule has 5 nitrogen and oxygen atoms in total. The fraction of sp³-hybridized carbons (Fsp3) is 0.273. The van der Waals surface area contributed by atoms with Gasteiger partial charge in [0.1, 0.15) is 0 Å². The van der Waals surface area contributed by atoms with E-state index in [1.54, 1.807) is 0 Å². The van der Waals surface area contributed by atoms with Crippen molar-refractivity contribution in [2.45, 2.75) is 77.7 Å². The molecule has 5 aromatic heterocycles. The molecule has 0 aliphatic heterocycles. The first kappa shape index (κ1) is 32.4. The Labute approximate surface area is 290 Å². The highest BCUT2D eigenvalue weighted by Crippen LogP contribution is 2.43. The van der Waals surface area contributed by atoms with Crippen molar-refractivity contribution in [1.29, 1.82) is 0 Å². The van der Waals surface area contributed by atoms with E-state index in [2.05, 4.69) is 84.3 Å². The number of aromatic nitrogens is 5. The number of aryl methyl sites for hydroxylation is 1. The number of unbranched alkanes of at least 4 members (excludes halogenated alkanes) is 9. The number of rotatable bonds is 15. The molecule has 0 aliphatic carbocycles. The van der Waals surface area contributed by atoms with Crippen LogP contribution in [-0.4, -0.2) is 24.5 Å². The standard InChI is InChI=1S/C44H45N5/c1-2-3-4-5-6-7-8-9-10-19-28-49-43-35(29-33(39-20-11-15-24-45-39)31-37(43)41-22-13-17-26-47-41)36-30-34(40-21-12-16-25-46-40)32-38(44(36)49)42-23-14-18-27-48-42/h11-18,20-27,29-32H,2-10,19,28H2,1H3. The molecule has 0 spiro atoms. The van der Waals surface area contributed by atoms with Crippen LogP contribution in [0.2, 0.25) is 0 Å². The lowest BCUT2D eigenvalue weighted by atomic mass is 9.97. The van der Waals surface area contributed by atoms with Gasteiger partial charge in [0.05, 0.1) is 33.8 Å². The minimum absolute atomic E-state index is 0.919. The van der Waals surface area contributed by atoms with Gasteiger partial charge < -0.3 is 4.57 Å². The summed E-state index contributed by atoms with van der Waals surface area (Å²) in [5.74, 6) is 0. The van der Waals surface area contributed by atoms with Crippen LogP contribution in [0.4, 0.5) is 0 Å². The van der Waals surface area contributed by atoms with E-state index in [4.69, 9.17) is 19.9 Å². The van der Waals surface area contributed by atoms with Crippen molar-refractivity contribution in [3.8, 4) is 45.0 Å². The van der Waals surface area contributed by atoms with Crippen LogP contribution in [0.25, 0.3) is 66.8 Å². The second-order valence-corrected chi connectivity index (χ2v) is 13.0. The Balaban J connectivity index is 1.40. The van der Waals surface area contributed by atoms with Crippen molar-refractivity contribution >= 4 is 21.8 Å². The molecule has 49 heavy (non-hydrogen) atoms. The topological polar surface area (TPSA) is 56.5 Å². The molecule has 0 unspecified atom stereocenters. The molecule has 0 amide bonds. The Bertz CT molecular complexity index is 1950. The summed E-state index contributed by atoms with van der Waals surface area (Å²) in [5, 5.41) is 2.39. The maximum atomic E-state index is 4.89. The van der Waals surface area contributed by atoms with Crippen LogP contribution >= 0.6 is 0 Å². The zero-order valence-electron chi connectivity index (χ0n) is 28.6. The molecule has 0 atom stereocenters. The third-order valence-electron chi connectivity index (χ3n) is 9.59. The molecule has 0 N–H and O–H groups in total. The van der Waals surface area contributed by atoms with Crippen molar-refractivity contribution in [3.05, 3.63) is 122 Å². The molecule has 0 saturated carbocycles. The quantitative estimate of drug-likeness (QED) is 0.104. The lowest BCUT2D eigenvalue weighted by Gasteiger charge is -2.15. The van der Waals surface area contributed by atoms with E-state index in [1.807, 2.05) is 49.1 Å². The molecule has 0 radical (unpaired) electrons. The lowest BCUT2D eigenvalue weighted by Crippen LogP contribution is -2.02. The van der Waals surface area contributed by atoms with Crippen molar-refractivity contribution in [2.75, 3.05) is 0 Å². The fourth-order valence-corrected chi connectivity index (χ4v) is 7.15. The third kappa shape index (κ3) is 7.31. The Kier molecular flexibility index (Phi) is 10.5. The van der Waals surface area contributed by atoms with Crippen molar-refractivity contribution in [2.24, 2.45) is 0 Å². The Morgan fingerprint density at radius 3 is 1.20 bits per heavy atom. The van der Waals surface area contributed by atoms with E-state index in [0.717, 1.165) is 58.0 Å². The minimum Gasteiger partial charge on any atom is -0.339 e. The number of fused-ring (bicyclic) bond motifs is 3. The first-order valence-electron chi connectivity index (χ1n) is 18.1. The minimum atomic E-state index is 0.919. The van der Waals surface area contributed by atoms with Crippen molar-refractivity contribution < 1.29 is 0 Å². The molecule has 0 aliphatic rings. The summed E-state index contributed by atoms with van der Waals surface area (Å²) in [6.45, 7) is 3.21. The van der Waals surface area contributed by atoms with Gasteiger partial charge in [-0.3, -0.25) is 19.9 Å². The van der Waals surface area contributed by atoms with Crippen LogP contribution < -0.4 is 0 Å². The number of benzene rings is 2. The van der Waals surface area contributed by atoms with E-state index in [1.165, 1.54) is 79.6 Å². The van der Waals surface area contributed by atoms with E-state index in [0.29, 0.717) is 0 Å². The SMILES string of the molecule is CCCCCCCCCCCCn1c2c(-c3ccccn3)cc(-c3ccccn3)cc2c2cc(-c3ccccn3)cc(-c3ccccn3)c21. The van der Waals surface area contributed by atoms with E-state index in [9.17, 15) is 0 Å². The number of nitrogens with zero attached hydrogens (tertiary/aromatic N) is 5. The second kappa shape index (κ2) is 15.8. The molecular weight excluding hydrogens is 599 g/mol. The maximum Gasteiger partial charge on any atom is 0.0723 e. The van der Waals surface area contributed by atoms with Gasteiger partial charge >= 0.3 is 0 Å². The Morgan fingerprint density at radius 2 is 0.816 bits per heavy atom. The van der Waals surface area contributed by atoms with Gasteiger partial charge in [0.2, 0.25) is 0 Å². The molecule has 7 rings (SSSR count). The average molecular weight is 644 g/mol. The largest absolute Gasteiger partial charge is 0.339 e. The van der Waals surface area contributed by atoms with Gasteiger partial charge in [-0.25, -0.2) is 0 Å². The third-order valence-corrected chi connectivity index (χ3v) is 9.59. The van der Waals surface area contributed by atoms with Gasteiger partial charge in [-0.1, -0.05) is 89.0 Å². The molecule has 0 saturated heterocycles. The summed E-state index contributed by atoms with van der Waals surface area (Å²) in [5.41, 5.74) is 10.6. The summed E-state index contributed by atoms with van der Waals surface area (Å²) in [6, 6.07) is 33.8. The highest BCUT2D eigenvalue weighted by molar-refractivity contribution is 6.18. The predicted molar refractivity (Wildman–Crippen MR) is 204 cm³/mol. The monoisotopic (exact) mass is 643 g/mol. The van der Waals surface area contributed by atoms with Crippen LogP contribution in [0, 0.1) is 0 Å². The van der Waals surface area contributed by atoms with Crippen LogP contribution in [0.3, 0.4) is 0 Å². The summed E-state index contributed by atoms with van der Waals surface area (Å²) in [4.78, 5) is 19.3. The molecule has 7 aromatic rings. The number of hydrogen-bond acceptors (Lipinski definition) is 4. The van der Waals surface area contributed by atoms with Gasteiger partial charge in [0, 0.05) is 64.4 Å². The van der Waals surface area contributed by atoms with Crippen LogP contribution in [0.15, 0.2) is 122 Å². The number of hydrogen-bond donors (Lipinski definition) is 0. The molecule has 246 valence electrons. The van der Waals surface area contributed by atoms with Gasteiger partial charge in [-0.05, 0) is 79.2 Å². The molecule has 0 fully saturated rings. The summed E-state index contributed by atoms with van der Waals surface area (Å²) < 4.78 is 2.56. The van der Waals surface area contributed by atoms with Gasteiger partial charge in [-0.15, -0.1) is 0 Å². The first-order chi connectivity index (χ1) is 24.3. The smallest absolute Gasteiger partial charge is 0.0723 e. The molecular formula is C44H45N5. The summed E-state index contributed by atoms with van der Waals surface area (Å²) in [7, 11) is 0. The highest BCUT2D eigenvalue weighted by atomic mass is 15.0. The zero-order valence-corrected chi connectivity index (χ0v) is 28.6. The maximum absolute atomic E-state index is 4.89. The fourth-order valence-electron chi connectivity index (χ4n) is 7.15. The second-order valence-electron chi connectivity index (χ2n) is 13.0. The number of pyridine rings is 4. The summed E-state index contributed by atoms with van der Waals surface area (Å²) in [6.07, 6.45) is 20.6. The van der Waals surface area contributed by atoms with Gasteiger partial charge in [0.25, 0.3) is 0 Å². The highest BCUT2D eigenvalue weighted by Gasteiger charge is 2.22. The molecule has 5 heterocycles. The summed E-state index contributed by atoms with van der Waals surface area (Å²) >= 11 is 0. The predicted octanol–water partition coefficient (Wildman–Crippen LogP) is 12.0. The van der Waals surface area contributed by atoms with Gasteiger partial charge in [0.15, 0.2) is 0 Å². The lowest BCUT2D eigenvalue weighted by molar-refractivity contribution is 0.541. The Morgan fingerprint density at radius 1 is 0.429 bits per heavy atom. The van der Waals surface area contributed by atoms with E-state index in [-0.39, 0.29) is 0 Å². The molecule has 0 bridgehead atoms. The first-order valence-corrected chi connectivity index (χ1v) is 18.1. The average Bonchev–Trinajstić information content (AvgIpc) is 3.49. The normalized spacial score (nSPS) is 11.4. The zero-order chi connectivity index (χ0) is 33.3. The van der Waals surface area contributed by atoms with Crippen molar-refractivity contribution in [3.63, 3.8) is 0 Å².